The molecular weight excluding hydrogens is 282 g/mol. The zero-order chi connectivity index (χ0) is 14.7. The first-order valence-electron chi connectivity index (χ1n) is 8.20. The SMILES string of the molecule is CC1CCc2nc(NC(=O)CCC3CCNCC3)sc2C1. The van der Waals surface area contributed by atoms with Gasteiger partial charge in [0, 0.05) is 11.3 Å². The molecule has 1 fully saturated rings. The predicted octanol–water partition coefficient (Wildman–Crippen LogP) is 2.99. The minimum Gasteiger partial charge on any atom is -0.317 e. The summed E-state index contributed by atoms with van der Waals surface area (Å²) in [7, 11) is 0. The largest absolute Gasteiger partial charge is 0.317 e. The molecule has 1 aliphatic heterocycles. The van der Waals surface area contributed by atoms with E-state index in [1.165, 1.54) is 29.8 Å². The number of fused-ring (bicyclic) bond motifs is 1. The molecule has 0 aromatic carbocycles. The highest BCUT2D eigenvalue weighted by atomic mass is 32.1. The average Bonchev–Trinajstić information content (AvgIpc) is 2.87. The summed E-state index contributed by atoms with van der Waals surface area (Å²) in [6, 6.07) is 0. The Morgan fingerprint density at radius 2 is 2.19 bits per heavy atom. The van der Waals surface area contributed by atoms with Crippen molar-refractivity contribution in [3.05, 3.63) is 10.6 Å². The summed E-state index contributed by atoms with van der Waals surface area (Å²) in [6.07, 6.45) is 7.46. The van der Waals surface area contributed by atoms with Crippen LogP contribution in [0.25, 0.3) is 0 Å². The van der Waals surface area contributed by atoms with Crippen LogP contribution in [0.4, 0.5) is 5.13 Å². The first-order valence-corrected chi connectivity index (χ1v) is 9.01. The van der Waals surface area contributed by atoms with E-state index in [1.54, 1.807) is 11.3 Å². The van der Waals surface area contributed by atoms with Crippen LogP contribution in [0.1, 0.15) is 49.6 Å². The predicted molar refractivity (Wildman–Crippen MR) is 86.8 cm³/mol. The van der Waals surface area contributed by atoms with Crippen molar-refractivity contribution in [1.29, 1.82) is 0 Å². The van der Waals surface area contributed by atoms with E-state index in [1.807, 2.05) is 0 Å². The van der Waals surface area contributed by atoms with Gasteiger partial charge in [-0.2, -0.15) is 0 Å². The van der Waals surface area contributed by atoms with Crippen molar-refractivity contribution >= 4 is 22.4 Å². The van der Waals surface area contributed by atoms with E-state index in [-0.39, 0.29) is 5.91 Å². The lowest BCUT2D eigenvalue weighted by molar-refractivity contribution is -0.116. The van der Waals surface area contributed by atoms with Gasteiger partial charge in [-0.3, -0.25) is 4.79 Å². The van der Waals surface area contributed by atoms with Crippen LogP contribution in [0.15, 0.2) is 0 Å². The van der Waals surface area contributed by atoms with Gasteiger partial charge in [0.15, 0.2) is 5.13 Å². The van der Waals surface area contributed by atoms with Crippen LogP contribution in [0, 0.1) is 11.8 Å². The highest BCUT2D eigenvalue weighted by Crippen LogP contribution is 2.32. The molecule has 1 aromatic heterocycles. The maximum Gasteiger partial charge on any atom is 0.226 e. The molecule has 4 nitrogen and oxygen atoms in total. The Bertz CT molecular complexity index is 494. The van der Waals surface area contributed by atoms with Crippen molar-refractivity contribution in [2.24, 2.45) is 11.8 Å². The van der Waals surface area contributed by atoms with Gasteiger partial charge in [0.05, 0.1) is 5.69 Å². The molecular formula is C16H25N3OS. The second-order valence-corrected chi connectivity index (χ2v) is 7.60. The van der Waals surface area contributed by atoms with Gasteiger partial charge in [-0.05, 0) is 63.5 Å². The minimum atomic E-state index is 0.132. The van der Waals surface area contributed by atoms with Crippen LogP contribution in [0.3, 0.4) is 0 Å². The number of carbonyl (C=O) groups is 1. The van der Waals surface area contributed by atoms with Gasteiger partial charge in [0.1, 0.15) is 0 Å². The molecule has 2 heterocycles. The smallest absolute Gasteiger partial charge is 0.226 e. The summed E-state index contributed by atoms with van der Waals surface area (Å²) in [6.45, 7) is 4.49. The Balaban J connectivity index is 1.48. The van der Waals surface area contributed by atoms with Crippen molar-refractivity contribution < 1.29 is 4.79 Å². The number of carbonyl (C=O) groups excluding carboxylic acids is 1. The number of aromatic nitrogens is 1. The topological polar surface area (TPSA) is 54.0 Å². The number of anilines is 1. The Hall–Kier alpha value is -0.940. The van der Waals surface area contributed by atoms with Gasteiger partial charge in [-0.15, -0.1) is 11.3 Å². The van der Waals surface area contributed by atoms with Crippen molar-refractivity contribution in [2.75, 3.05) is 18.4 Å². The number of thiazole rings is 1. The zero-order valence-corrected chi connectivity index (χ0v) is 13.6. The molecule has 0 saturated carbocycles. The lowest BCUT2D eigenvalue weighted by Crippen LogP contribution is -2.28. The fraction of sp³-hybridized carbons (Fsp3) is 0.750. The van der Waals surface area contributed by atoms with E-state index in [0.717, 1.165) is 43.4 Å². The summed E-state index contributed by atoms with van der Waals surface area (Å²) in [5, 5.41) is 7.18. The van der Waals surface area contributed by atoms with E-state index in [2.05, 4.69) is 22.5 Å². The average molecular weight is 307 g/mol. The van der Waals surface area contributed by atoms with Gasteiger partial charge in [-0.1, -0.05) is 6.92 Å². The number of nitrogens with zero attached hydrogens (tertiary/aromatic N) is 1. The molecule has 3 rings (SSSR count). The quantitative estimate of drug-likeness (QED) is 0.899. The minimum absolute atomic E-state index is 0.132. The second kappa shape index (κ2) is 6.88. The number of amides is 1. The van der Waals surface area contributed by atoms with Crippen LogP contribution in [-0.4, -0.2) is 24.0 Å². The molecule has 116 valence electrons. The number of aryl methyl sites for hydroxylation is 1. The van der Waals surface area contributed by atoms with Crippen LogP contribution in [-0.2, 0) is 17.6 Å². The van der Waals surface area contributed by atoms with Crippen molar-refractivity contribution in [3.63, 3.8) is 0 Å². The van der Waals surface area contributed by atoms with E-state index >= 15 is 0 Å². The summed E-state index contributed by atoms with van der Waals surface area (Å²) in [5.74, 6) is 1.59. The van der Waals surface area contributed by atoms with Gasteiger partial charge >= 0.3 is 0 Å². The third-order valence-electron chi connectivity index (χ3n) is 4.67. The standard InChI is InChI=1S/C16H25N3OS/c1-11-2-4-13-14(10-11)21-16(18-13)19-15(20)5-3-12-6-8-17-9-7-12/h11-12,17H,2-10H2,1H3,(H,18,19,20). The number of hydrogen-bond acceptors (Lipinski definition) is 4. The maximum atomic E-state index is 12.1. The summed E-state index contributed by atoms with van der Waals surface area (Å²) < 4.78 is 0. The third-order valence-corrected chi connectivity index (χ3v) is 5.71. The van der Waals surface area contributed by atoms with Crippen LogP contribution < -0.4 is 10.6 Å². The number of piperidine rings is 1. The number of rotatable bonds is 4. The van der Waals surface area contributed by atoms with Gasteiger partial charge in [-0.25, -0.2) is 4.98 Å². The van der Waals surface area contributed by atoms with E-state index in [9.17, 15) is 4.79 Å². The summed E-state index contributed by atoms with van der Waals surface area (Å²) in [5.41, 5.74) is 1.21. The molecule has 21 heavy (non-hydrogen) atoms. The molecule has 2 N–H and O–H groups in total. The van der Waals surface area contributed by atoms with Crippen LogP contribution >= 0.6 is 11.3 Å². The molecule has 1 aromatic rings. The van der Waals surface area contributed by atoms with Crippen molar-refractivity contribution in [3.8, 4) is 0 Å². The lowest BCUT2D eigenvalue weighted by atomic mass is 9.93. The second-order valence-electron chi connectivity index (χ2n) is 6.52. The Labute approximate surface area is 130 Å². The zero-order valence-electron chi connectivity index (χ0n) is 12.8. The molecule has 1 atom stereocenters. The highest BCUT2D eigenvalue weighted by molar-refractivity contribution is 7.15. The molecule has 2 aliphatic rings. The van der Waals surface area contributed by atoms with Gasteiger partial charge < -0.3 is 10.6 Å². The van der Waals surface area contributed by atoms with E-state index in [4.69, 9.17) is 0 Å². The van der Waals surface area contributed by atoms with Crippen LogP contribution in [0.5, 0.6) is 0 Å². The molecule has 1 saturated heterocycles. The lowest BCUT2D eigenvalue weighted by Gasteiger charge is -2.21. The number of hydrogen-bond donors (Lipinski definition) is 2. The number of nitrogens with one attached hydrogen (secondary N) is 2. The highest BCUT2D eigenvalue weighted by Gasteiger charge is 2.21. The van der Waals surface area contributed by atoms with E-state index in [0.29, 0.717) is 12.3 Å². The third kappa shape index (κ3) is 4.04. The van der Waals surface area contributed by atoms with Crippen molar-refractivity contribution in [2.45, 2.75) is 51.9 Å². The maximum absolute atomic E-state index is 12.1. The molecule has 0 radical (unpaired) electrons. The Kier molecular flexibility index (Phi) is 4.91. The molecule has 1 amide bonds. The molecule has 0 bridgehead atoms. The molecule has 0 spiro atoms. The van der Waals surface area contributed by atoms with Crippen LogP contribution in [0.2, 0.25) is 0 Å². The monoisotopic (exact) mass is 307 g/mol. The summed E-state index contributed by atoms with van der Waals surface area (Å²) >= 11 is 1.68. The fourth-order valence-electron chi connectivity index (χ4n) is 3.28. The normalized spacial score (nSPS) is 22.8. The van der Waals surface area contributed by atoms with Gasteiger partial charge in [0.2, 0.25) is 5.91 Å². The molecule has 1 unspecified atom stereocenters. The first-order chi connectivity index (χ1) is 10.2. The summed E-state index contributed by atoms with van der Waals surface area (Å²) in [4.78, 5) is 18.0. The Morgan fingerprint density at radius 1 is 1.38 bits per heavy atom. The first kappa shape index (κ1) is 15.0. The van der Waals surface area contributed by atoms with Crippen molar-refractivity contribution in [1.82, 2.24) is 10.3 Å². The molecule has 1 aliphatic carbocycles. The Morgan fingerprint density at radius 3 is 3.00 bits per heavy atom. The van der Waals surface area contributed by atoms with Gasteiger partial charge in [0.25, 0.3) is 0 Å². The van der Waals surface area contributed by atoms with E-state index < -0.39 is 0 Å². The molecule has 5 heteroatoms. The fourth-order valence-corrected chi connectivity index (χ4v) is 4.47.